The summed E-state index contributed by atoms with van der Waals surface area (Å²) in [5, 5.41) is 2.67. The fraction of sp³-hybridized carbons (Fsp3) is 0.269. The molecule has 4 aromatic rings. The minimum Gasteiger partial charge on any atom is -0.354 e. The first kappa shape index (κ1) is 23.6. The Hall–Kier alpha value is -3.52. The number of aromatic nitrogens is 2. The number of fused-ring (bicyclic) bond motifs is 1. The van der Waals surface area contributed by atoms with Crippen LogP contribution < -0.4 is 5.32 Å². The standard InChI is InChI=1S/C26H27FN4O2S/c1-15-7-8-17(24(33)30(6)26(2,3)4)13-19(15)20-14-31-22(23(32)28-5)21(29-25(31)34-20)16-9-11-18(27)12-10-16/h7-14H,1-6H3,(H,28,32). The molecule has 34 heavy (non-hydrogen) atoms. The van der Waals surface area contributed by atoms with E-state index in [0.29, 0.717) is 27.5 Å². The highest BCUT2D eigenvalue weighted by molar-refractivity contribution is 7.20. The molecule has 2 heterocycles. The van der Waals surface area contributed by atoms with Gasteiger partial charge in [-0.2, -0.15) is 0 Å². The molecule has 2 amide bonds. The van der Waals surface area contributed by atoms with E-state index in [2.05, 4.69) is 5.32 Å². The van der Waals surface area contributed by atoms with Crippen LogP contribution in [0.5, 0.6) is 0 Å². The molecule has 0 aliphatic heterocycles. The molecule has 0 aliphatic carbocycles. The van der Waals surface area contributed by atoms with Crippen molar-refractivity contribution in [3.63, 3.8) is 0 Å². The summed E-state index contributed by atoms with van der Waals surface area (Å²) in [6.45, 7) is 7.97. The SMILES string of the molecule is CNC(=O)c1c(-c2ccc(F)cc2)nc2sc(-c3cc(C(=O)N(C)C(C)(C)C)ccc3C)cn12. The minimum absolute atomic E-state index is 0.0558. The lowest BCUT2D eigenvalue weighted by Gasteiger charge is -2.32. The first-order valence-corrected chi connectivity index (χ1v) is 11.7. The van der Waals surface area contributed by atoms with Gasteiger partial charge in [-0.05, 0) is 75.2 Å². The molecule has 2 aromatic carbocycles. The Bertz CT molecular complexity index is 1400. The average Bonchev–Trinajstić information content (AvgIpc) is 3.36. The van der Waals surface area contributed by atoms with Crippen molar-refractivity contribution in [2.75, 3.05) is 14.1 Å². The van der Waals surface area contributed by atoms with Crippen molar-refractivity contribution >= 4 is 28.1 Å². The summed E-state index contributed by atoms with van der Waals surface area (Å²) in [5.74, 6) is -0.695. The van der Waals surface area contributed by atoms with Crippen LogP contribution in [0.15, 0.2) is 48.7 Å². The number of halogens is 1. The zero-order chi connectivity index (χ0) is 24.8. The van der Waals surface area contributed by atoms with Crippen molar-refractivity contribution in [1.82, 2.24) is 19.6 Å². The number of rotatable bonds is 4. The molecule has 0 radical (unpaired) electrons. The lowest BCUT2D eigenvalue weighted by molar-refractivity contribution is 0.0655. The summed E-state index contributed by atoms with van der Waals surface area (Å²) >= 11 is 1.43. The number of nitrogens with one attached hydrogen (secondary N) is 1. The number of hydrogen-bond acceptors (Lipinski definition) is 4. The van der Waals surface area contributed by atoms with E-state index in [0.717, 1.165) is 16.0 Å². The number of aryl methyl sites for hydroxylation is 1. The summed E-state index contributed by atoms with van der Waals surface area (Å²) in [7, 11) is 3.36. The Labute approximate surface area is 202 Å². The molecule has 0 saturated carbocycles. The Morgan fingerprint density at radius 1 is 1.12 bits per heavy atom. The number of amides is 2. The van der Waals surface area contributed by atoms with E-state index < -0.39 is 0 Å². The van der Waals surface area contributed by atoms with Gasteiger partial charge in [0.25, 0.3) is 11.8 Å². The van der Waals surface area contributed by atoms with Crippen LogP contribution in [0.4, 0.5) is 4.39 Å². The van der Waals surface area contributed by atoms with Crippen molar-refractivity contribution in [1.29, 1.82) is 0 Å². The number of nitrogens with zero attached hydrogens (tertiary/aromatic N) is 3. The highest BCUT2D eigenvalue weighted by Crippen LogP contribution is 2.35. The van der Waals surface area contributed by atoms with E-state index >= 15 is 0 Å². The van der Waals surface area contributed by atoms with Gasteiger partial charge in [0, 0.05) is 37.0 Å². The lowest BCUT2D eigenvalue weighted by Crippen LogP contribution is -2.42. The Kier molecular flexibility index (Phi) is 6.03. The zero-order valence-corrected chi connectivity index (χ0v) is 20.9. The third kappa shape index (κ3) is 4.21. The third-order valence-electron chi connectivity index (χ3n) is 5.95. The summed E-state index contributed by atoms with van der Waals surface area (Å²) < 4.78 is 15.2. The summed E-state index contributed by atoms with van der Waals surface area (Å²) in [4.78, 5) is 33.8. The van der Waals surface area contributed by atoms with E-state index in [1.165, 1.54) is 23.5 Å². The van der Waals surface area contributed by atoms with Gasteiger partial charge in [0.15, 0.2) is 4.96 Å². The maximum atomic E-state index is 13.4. The predicted molar refractivity (Wildman–Crippen MR) is 134 cm³/mol. The van der Waals surface area contributed by atoms with Crippen LogP contribution >= 0.6 is 11.3 Å². The number of imidazole rings is 1. The van der Waals surface area contributed by atoms with E-state index in [1.54, 1.807) is 35.5 Å². The van der Waals surface area contributed by atoms with Crippen molar-refractivity contribution in [3.05, 3.63) is 71.3 Å². The largest absolute Gasteiger partial charge is 0.354 e. The van der Waals surface area contributed by atoms with Gasteiger partial charge in [0.1, 0.15) is 17.2 Å². The van der Waals surface area contributed by atoms with Crippen molar-refractivity contribution in [3.8, 4) is 21.7 Å². The molecule has 0 bridgehead atoms. The lowest BCUT2D eigenvalue weighted by atomic mass is 10.0. The topological polar surface area (TPSA) is 66.7 Å². The number of carbonyl (C=O) groups excluding carboxylic acids is 2. The highest BCUT2D eigenvalue weighted by atomic mass is 32.1. The second-order valence-electron chi connectivity index (χ2n) is 9.21. The Balaban J connectivity index is 1.82. The van der Waals surface area contributed by atoms with Crippen LogP contribution in [0.1, 0.15) is 47.2 Å². The van der Waals surface area contributed by atoms with Crippen LogP contribution in [0.25, 0.3) is 26.7 Å². The molecule has 0 spiro atoms. The van der Waals surface area contributed by atoms with Crippen molar-refractivity contribution in [2.24, 2.45) is 0 Å². The normalized spacial score (nSPS) is 11.6. The van der Waals surface area contributed by atoms with Crippen LogP contribution in [-0.4, -0.2) is 45.7 Å². The van der Waals surface area contributed by atoms with Crippen LogP contribution in [0, 0.1) is 12.7 Å². The predicted octanol–water partition coefficient (Wildman–Crippen LogP) is 5.41. The van der Waals surface area contributed by atoms with Gasteiger partial charge in [-0.15, -0.1) is 0 Å². The Morgan fingerprint density at radius 3 is 2.41 bits per heavy atom. The minimum atomic E-state index is -0.351. The van der Waals surface area contributed by atoms with Gasteiger partial charge >= 0.3 is 0 Å². The fourth-order valence-electron chi connectivity index (χ4n) is 3.63. The molecule has 8 heteroatoms. The molecule has 176 valence electrons. The van der Waals surface area contributed by atoms with Gasteiger partial charge in [-0.1, -0.05) is 17.4 Å². The number of carbonyl (C=O) groups is 2. The first-order valence-electron chi connectivity index (χ1n) is 10.9. The zero-order valence-electron chi connectivity index (χ0n) is 20.1. The molecule has 0 fully saturated rings. The highest BCUT2D eigenvalue weighted by Gasteiger charge is 2.25. The smallest absolute Gasteiger partial charge is 0.270 e. The van der Waals surface area contributed by atoms with Crippen LogP contribution in [0.3, 0.4) is 0 Å². The molecule has 2 aromatic heterocycles. The fourth-order valence-corrected chi connectivity index (χ4v) is 4.70. The second-order valence-corrected chi connectivity index (χ2v) is 10.2. The van der Waals surface area contributed by atoms with E-state index in [-0.39, 0.29) is 23.2 Å². The molecular formula is C26H27FN4O2S. The molecule has 4 rings (SSSR count). The van der Waals surface area contributed by atoms with Gasteiger partial charge in [-0.25, -0.2) is 9.37 Å². The van der Waals surface area contributed by atoms with Crippen molar-refractivity contribution < 1.29 is 14.0 Å². The van der Waals surface area contributed by atoms with E-state index in [4.69, 9.17) is 4.98 Å². The molecule has 0 aliphatic rings. The maximum Gasteiger partial charge on any atom is 0.270 e. The average molecular weight is 479 g/mol. The monoisotopic (exact) mass is 478 g/mol. The Morgan fingerprint density at radius 2 is 1.79 bits per heavy atom. The molecule has 0 atom stereocenters. The quantitative estimate of drug-likeness (QED) is 0.427. The van der Waals surface area contributed by atoms with Gasteiger partial charge < -0.3 is 10.2 Å². The summed E-state index contributed by atoms with van der Waals surface area (Å²) in [6.07, 6.45) is 1.87. The second kappa shape index (κ2) is 8.68. The first-order chi connectivity index (χ1) is 16.0. The summed E-state index contributed by atoms with van der Waals surface area (Å²) in [5.41, 5.74) is 3.75. The van der Waals surface area contributed by atoms with Crippen LogP contribution in [0.2, 0.25) is 0 Å². The van der Waals surface area contributed by atoms with Gasteiger partial charge in [-0.3, -0.25) is 14.0 Å². The van der Waals surface area contributed by atoms with Gasteiger partial charge in [0.2, 0.25) is 0 Å². The molecule has 1 N–H and O–H groups in total. The molecular weight excluding hydrogens is 451 g/mol. The number of benzene rings is 2. The van der Waals surface area contributed by atoms with Crippen molar-refractivity contribution in [2.45, 2.75) is 33.2 Å². The van der Waals surface area contributed by atoms with E-state index in [1.807, 2.05) is 52.1 Å². The maximum absolute atomic E-state index is 13.4. The van der Waals surface area contributed by atoms with Gasteiger partial charge in [0.05, 0.1) is 4.88 Å². The number of thiazole rings is 1. The molecule has 6 nitrogen and oxygen atoms in total. The molecule has 0 saturated heterocycles. The third-order valence-corrected chi connectivity index (χ3v) is 6.96. The summed E-state index contributed by atoms with van der Waals surface area (Å²) in [6, 6.07) is 11.6. The number of hydrogen-bond donors (Lipinski definition) is 1. The molecule has 0 unspecified atom stereocenters. The van der Waals surface area contributed by atoms with Crippen LogP contribution in [-0.2, 0) is 0 Å². The van der Waals surface area contributed by atoms with E-state index in [9.17, 15) is 14.0 Å².